The number of rotatable bonds is 3. The molecule has 2 rings (SSSR count). The van der Waals surface area contributed by atoms with Gasteiger partial charge in [0.15, 0.2) is 0 Å². The minimum atomic E-state index is -0.872. The zero-order valence-corrected chi connectivity index (χ0v) is 9.19. The lowest BCUT2D eigenvalue weighted by atomic mass is 9.92. The lowest BCUT2D eigenvalue weighted by Crippen LogP contribution is -2.17. The van der Waals surface area contributed by atoms with Crippen LogP contribution in [0.25, 0.3) is 0 Å². The second kappa shape index (κ2) is 4.14. The highest BCUT2D eigenvalue weighted by molar-refractivity contribution is 5.68. The molecule has 1 aromatic carbocycles. The number of hydrogen-bond donors (Lipinski definition) is 2. The third-order valence-corrected chi connectivity index (χ3v) is 2.91. The van der Waals surface area contributed by atoms with Crippen LogP contribution in [0.1, 0.15) is 29.2 Å². The summed E-state index contributed by atoms with van der Waals surface area (Å²) < 4.78 is 5.45. The summed E-state index contributed by atoms with van der Waals surface area (Å²) in [6.45, 7) is 2.61. The third kappa shape index (κ3) is 1.88. The molecule has 1 heterocycles. The molecule has 1 atom stereocenters. The summed E-state index contributed by atoms with van der Waals surface area (Å²) >= 11 is 0. The van der Waals surface area contributed by atoms with Crippen LogP contribution in [0.3, 0.4) is 0 Å². The van der Waals surface area contributed by atoms with Crippen LogP contribution in [-0.2, 0) is 11.2 Å². The van der Waals surface area contributed by atoms with Crippen LogP contribution in [0.4, 0.5) is 0 Å². The first-order chi connectivity index (χ1) is 7.59. The number of hydrogen-bond acceptors (Lipinski definition) is 3. The number of benzene rings is 1. The number of carboxylic acid groups (broad SMARTS) is 1. The minimum absolute atomic E-state index is 0.0444. The fourth-order valence-electron chi connectivity index (χ4n) is 2.22. The number of ether oxygens (including phenoxy) is 1. The number of fused-ring (bicyclic) bond motifs is 1. The smallest absolute Gasteiger partial charge is 0.305 e. The molecule has 1 aromatic rings. The van der Waals surface area contributed by atoms with Gasteiger partial charge in [-0.25, -0.2) is 0 Å². The molecule has 1 unspecified atom stereocenters. The molecule has 0 amide bonds. The van der Waals surface area contributed by atoms with Crippen LogP contribution in [0.15, 0.2) is 12.1 Å². The topological polar surface area (TPSA) is 72.6 Å². The van der Waals surface area contributed by atoms with E-state index in [0.29, 0.717) is 6.61 Å². The van der Waals surface area contributed by atoms with Gasteiger partial charge in [0.2, 0.25) is 0 Å². The van der Waals surface area contributed by atoms with Crippen molar-refractivity contribution in [2.24, 2.45) is 5.73 Å². The van der Waals surface area contributed by atoms with Crippen LogP contribution < -0.4 is 10.5 Å². The maximum absolute atomic E-state index is 10.7. The summed E-state index contributed by atoms with van der Waals surface area (Å²) in [7, 11) is 0. The largest absolute Gasteiger partial charge is 0.493 e. The first kappa shape index (κ1) is 11.0. The van der Waals surface area contributed by atoms with E-state index in [-0.39, 0.29) is 6.42 Å². The summed E-state index contributed by atoms with van der Waals surface area (Å²) in [6, 6.07) is 3.41. The lowest BCUT2D eigenvalue weighted by molar-refractivity contribution is -0.137. The summed E-state index contributed by atoms with van der Waals surface area (Å²) in [4.78, 5) is 10.7. The Labute approximate surface area is 94.0 Å². The van der Waals surface area contributed by atoms with Gasteiger partial charge in [-0.15, -0.1) is 0 Å². The van der Waals surface area contributed by atoms with Crippen LogP contribution in [-0.4, -0.2) is 17.7 Å². The number of carbonyl (C=O) groups is 1. The van der Waals surface area contributed by atoms with Gasteiger partial charge in [0.25, 0.3) is 0 Å². The van der Waals surface area contributed by atoms with Crippen molar-refractivity contribution in [3.63, 3.8) is 0 Å². The first-order valence-corrected chi connectivity index (χ1v) is 5.32. The Balaban J connectivity index is 2.39. The van der Waals surface area contributed by atoms with Crippen molar-refractivity contribution in [1.29, 1.82) is 0 Å². The van der Waals surface area contributed by atoms with E-state index < -0.39 is 12.0 Å². The Bertz CT molecular complexity index is 429. The van der Waals surface area contributed by atoms with Crippen molar-refractivity contribution in [1.82, 2.24) is 0 Å². The molecule has 86 valence electrons. The SMILES string of the molecule is Cc1ccc2c(c1C(N)CC(=O)O)CCO2. The van der Waals surface area contributed by atoms with Gasteiger partial charge in [-0.2, -0.15) is 0 Å². The second-order valence-corrected chi connectivity index (χ2v) is 4.08. The van der Waals surface area contributed by atoms with E-state index in [2.05, 4.69) is 0 Å². The van der Waals surface area contributed by atoms with E-state index in [9.17, 15) is 4.79 Å². The Morgan fingerprint density at radius 1 is 1.62 bits per heavy atom. The number of aryl methyl sites for hydroxylation is 1. The van der Waals surface area contributed by atoms with E-state index in [1.807, 2.05) is 19.1 Å². The van der Waals surface area contributed by atoms with Crippen LogP contribution in [0.2, 0.25) is 0 Å². The molecule has 3 N–H and O–H groups in total. The molecule has 0 aliphatic carbocycles. The Hall–Kier alpha value is -1.55. The van der Waals surface area contributed by atoms with Gasteiger partial charge < -0.3 is 15.6 Å². The summed E-state index contributed by atoms with van der Waals surface area (Å²) in [5, 5.41) is 8.77. The van der Waals surface area contributed by atoms with Crippen molar-refractivity contribution >= 4 is 5.97 Å². The summed E-state index contributed by atoms with van der Waals surface area (Å²) in [6.07, 6.45) is 0.775. The highest BCUT2D eigenvalue weighted by atomic mass is 16.5. The fourth-order valence-corrected chi connectivity index (χ4v) is 2.22. The normalized spacial score (nSPS) is 15.4. The minimum Gasteiger partial charge on any atom is -0.493 e. The number of nitrogens with two attached hydrogens (primary N) is 1. The monoisotopic (exact) mass is 221 g/mol. The van der Waals surface area contributed by atoms with Gasteiger partial charge >= 0.3 is 5.97 Å². The summed E-state index contributed by atoms with van der Waals surface area (Å²) in [5.41, 5.74) is 8.99. The molecule has 0 aromatic heterocycles. The van der Waals surface area contributed by atoms with E-state index in [1.54, 1.807) is 0 Å². The van der Waals surface area contributed by atoms with E-state index >= 15 is 0 Å². The van der Waals surface area contributed by atoms with Crippen molar-refractivity contribution in [2.75, 3.05) is 6.61 Å². The van der Waals surface area contributed by atoms with Crippen LogP contribution in [0, 0.1) is 6.92 Å². The maximum atomic E-state index is 10.7. The van der Waals surface area contributed by atoms with Crippen molar-refractivity contribution in [2.45, 2.75) is 25.8 Å². The predicted molar refractivity (Wildman–Crippen MR) is 59.6 cm³/mol. The van der Waals surface area contributed by atoms with Crippen LogP contribution in [0.5, 0.6) is 5.75 Å². The molecule has 16 heavy (non-hydrogen) atoms. The molecule has 0 radical (unpaired) electrons. The van der Waals surface area contributed by atoms with Crippen molar-refractivity contribution in [3.05, 3.63) is 28.8 Å². The lowest BCUT2D eigenvalue weighted by Gasteiger charge is -2.16. The van der Waals surface area contributed by atoms with E-state index in [1.165, 1.54) is 0 Å². The second-order valence-electron chi connectivity index (χ2n) is 4.08. The van der Waals surface area contributed by atoms with Gasteiger partial charge in [-0.05, 0) is 24.1 Å². The predicted octanol–water partition coefficient (Wildman–Crippen LogP) is 1.40. The highest BCUT2D eigenvalue weighted by Crippen LogP contribution is 2.34. The van der Waals surface area contributed by atoms with E-state index in [0.717, 1.165) is 28.9 Å². The Morgan fingerprint density at radius 2 is 2.38 bits per heavy atom. The van der Waals surface area contributed by atoms with Gasteiger partial charge in [0.1, 0.15) is 5.75 Å². The molecule has 0 saturated carbocycles. The van der Waals surface area contributed by atoms with Crippen molar-refractivity contribution in [3.8, 4) is 5.75 Å². The maximum Gasteiger partial charge on any atom is 0.305 e. The first-order valence-electron chi connectivity index (χ1n) is 5.32. The quantitative estimate of drug-likeness (QED) is 0.809. The number of carboxylic acids is 1. The number of aliphatic carboxylic acids is 1. The Kier molecular flexibility index (Phi) is 2.83. The molecular formula is C12H15NO3. The molecule has 0 fully saturated rings. The molecule has 0 spiro atoms. The molecule has 0 bridgehead atoms. The van der Waals surface area contributed by atoms with Crippen LogP contribution >= 0.6 is 0 Å². The molecule has 0 saturated heterocycles. The summed E-state index contributed by atoms with van der Waals surface area (Å²) in [5.74, 6) is -0.0233. The van der Waals surface area contributed by atoms with Gasteiger partial charge in [-0.3, -0.25) is 4.79 Å². The van der Waals surface area contributed by atoms with Crippen molar-refractivity contribution < 1.29 is 14.6 Å². The molecule has 1 aliphatic rings. The molecular weight excluding hydrogens is 206 g/mol. The average Bonchev–Trinajstić information content (AvgIpc) is 2.63. The molecule has 1 aliphatic heterocycles. The zero-order valence-electron chi connectivity index (χ0n) is 9.19. The highest BCUT2D eigenvalue weighted by Gasteiger charge is 2.22. The standard InChI is InChI=1S/C12H15NO3/c1-7-2-3-10-8(4-5-16-10)12(7)9(13)6-11(14)15/h2-3,9H,4-6,13H2,1H3,(H,14,15). The van der Waals surface area contributed by atoms with Gasteiger partial charge in [-0.1, -0.05) is 6.07 Å². The molecule has 4 heteroatoms. The zero-order chi connectivity index (χ0) is 11.7. The third-order valence-electron chi connectivity index (χ3n) is 2.91. The Morgan fingerprint density at radius 3 is 3.06 bits per heavy atom. The average molecular weight is 221 g/mol. The van der Waals surface area contributed by atoms with Gasteiger partial charge in [0.05, 0.1) is 13.0 Å². The van der Waals surface area contributed by atoms with E-state index in [4.69, 9.17) is 15.6 Å². The molecule has 4 nitrogen and oxygen atoms in total. The van der Waals surface area contributed by atoms with Gasteiger partial charge in [0, 0.05) is 18.0 Å². The fraction of sp³-hybridized carbons (Fsp3) is 0.417.